The Bertz CT molecular complexity index is 786. The summed E-state index contributed by atoms with van der Waals surface area (Å²) in [6, 6.07) is 15.2. The lowest BCUT2D eigenvalue weighted by molar-refractivity contribution is -0.116. The molecule has 0 aliphatic carbocycles. The molecule has 2 amide bonds. The predicted molar refractivity (Wildman–Crippen MR) is 100 cm³/mol. The van der Waals surface area contributed by atoms with Gasteiger partial charge < -0.3 is 5.32 Å². The maximum Gasteiger partial charge on any atom is 0.224 e. The van der Waals surface area contributed by atoms with E-state index in [0.29, 0.717) is 29.6 Å². The fourth-order valence-electron chi connectivity index (χ4n) is 2.37. The first kappa shape index (κ1) is 19.1. The van der Waals surface area contributed by atoms with E-state index in [1.165, 1.54) is 0 Å². The first-order valence-electron chi connectivity index (χ1n) is 8.34. The average Bonchev–Trinajstić information content (AvgIpc) is 2.66. The highest BCUT2D eigenvalue weighted by Crippen LogP contribution is 2.12. The van der Waals surface area contributed by atoms with Crippen molar-refractivity contribution >= 4 is 29.6 Å². The molecule has 0 aliphatic heterocycles. The van der Waals surface area contributed by atoms with Crippen LogP contribution in [0.1, 0.15) is 35.7 Å². The standard InChI is InChI=1S/C20H21N3O3/c1-2-6-19(26)22-17-11-9-15(10-12-17)18(25)13-23(14-24)20(21)16-7-4-3-5-8-16/h3-5,7-12,14,21H,2,6,13H2,1H3,(H,22,26). The van der Waals surface area contributed by atoms with Crippen LogP contribution in [0.5, 0.6) is 0 Å². The number of carbonyl (C=O) groups excluding carboxylic acids is 3. The molecule has 2 aromatic rings. The van der Waals surface area contributed by atoms with Crippen molar-refractivity contribution in [2.45, 2.75) is 19.8 Å². The lowest BCUT2D eigenvalue weighted by atomic mass is 10.1. The van der Waals surface area contributed by atoms with Gasteiger partial charge in [0.05, 0.1) is 6.54 Å². The van der Waals surface area contributed by atoms with E-state index >= 15 is 0 Å². The van der Waals surface area contributed by atoms with Crippen molar-refractivity contribution in [3.8, 4) is 0 Å². The number of benzene rings is 2. The van der Waals surface area contributed by atoms with Crippen LogP contribution in [0, 0.1) is 5.41 Å². The molecule has 0 fully saturated rings. The van der Waals surface area contributed by atoms with E-state index in [-0.39, 0.29) is 24.1 Å². The number of nitrogens with one attached hydrogen (secondary N) is 2. The first-order chi connectivity index (χ1) is 12.5. The Balaban J connectivity index is 2.02. The minimum atomic E-state index is -0.288. The van der Waals surface area contributed by atoms with Gasteiger partial charge >= 0.3 is 0 Å². The van der Waals surface area contributed by atoms with E-state index in [4.69, 9.17) is 5.41 Å². The zero-order valence-electron chi connectivity index (χ0n) is 14.6. The quantitative estimate of drug-likeness (QED) is 0.331. The summed E-state index contributed by atoms with van der Waals surface area (Å²) < 4.78 is 0. The second-order valence-electron chi connectivity index (χ2n) is 5.75. The molecule has 0 aromatic heterocycles. The van der Waals surface area contributed by atoms with Gasteiger partial charge in [0.15, 0.2) is 5.78 Å². The molecule has 2 rings (SSSR count). The van der Waals surface area contributed by atoms with E-state index in [1.54, 1.807) is 48.5 Å². The minimum Gasteiger partial charge on any atom is -0.326 e. The summed E-state index contributed by atoms with van der Waals surface area (Å²) in [6.07, 6.45) is 1.68. The maximum atomic E-state index is 12.4. The van der Waals surface area contributed by atoms with Crippen LogP contribution < -0.4 is 5.32 Å². The highest BCUT2D eigenvalue weighted by atomic mass is 16.2. The fraction of sp³-hybridized carbons (Fsp3) is 0.200. The number of ketones is 1. The van der Waals surface area contributed by atoms with Crippen molar-refractivity contribution in [2.24, 2.45) is 0 Å². The normalized spacial score (nSPS) is 10.0. The largest absolute Gasteiger partial charge is 0.326 e. The van der Waals surface area contributed by atoms with Gasteiger partial charge in [0, 0.05) is 23.2 Å². The summed E-state index contributed by atoms with van der Waals surface area (Å²) in [5, 5.41) is 10.8. The Kier molecular flexibility index (Phi) is 6.79. The van der Waals surface area contributed by atoms with Gasteiger partial charge in [-0.3, -0.25) is 24.7 Å². The Morgan fingerprint density at radius 1 is 1.04 bits per heavy atom. The number of carbonyl (C=O) groups is 3. The molecule has 0 saturated carbocycles. The SMILES string of the molecule is CCCC(=O)Nc1ccc(C(=O)CN(C=O)C(=N)c2ccccc2)cc1. The second kappa shape index (κ2) is 9.27. The van der Waals surface area contributed by atoms with Crippen molar-refractivity contribution in [2.75, 3.05) is 11.9 Å². The molecule has 0 aliphatic rings. The zero-order chi connectivity index (χ0) is 18.9. The van der Waals surface area contributed by atoms with E-state index in [2.05, 4.69) is 5.32 Å². The molecule has 2 aromatic carbocycles. The molecule has 134 valence electrons. The smallest absolute Gasteiger partial charge is 0.224 e. The molecule has 0 bridgehead atoms. The highest BCUT2D eigenvalue weighted by molar-refractivity contribution is 6.07. The number of anilines is 1. The lowest BCUT2D eigenvalue weighted by Crippen LogP contribution is -2.34. The Morgan fingerprint density at radius 3 is 2.27 bits per heavy atom. The van der Waals surface area contributed by atoms with Gasteiger partial charge in [-0.1, -0.05) is 37.3 Å². The monoisotopic (exact) mass is 351 g/mol. The van der Waals surface area contributed by atoms with Gasteiger partial charge in [-0.2, -0.15) is 0 Å². The van der Waals surface area contributed by atoms with Crippen LogP contribution >= 0.6 is 0 Å². The number of rotatable bonds is 8. The van der Waals surface area contributed by atoms with Crippen molar-refractivity contribution < 1.29 is 14.4 Å². The van der Waals surface area contributed by atoms with Crippen molar-refractivity contribution in [3.63, 3.8) is 0 Å². The minimum absolute atomic E-state index is 0.0302. The highest BCUT2D eigenvalue weighted by Gasteiger charge is 2.16. The average molecular weight is 351 g/mol. The second-order valence-corrected chi connectivity index (χ2v) is 5.75. The van der Waals surface area contributed by atoms with Crippen molar-refractivity contribution in [1.82, 2.24) is 4.90 Å². The Labute approximate surface area is 152 Å². The van der Waals surface area contributed by atoms with Crippen LogP contribution in [0.25, 0.3) is 0 Å². The molecular weight excluding hydrogens is 330 g/mol. The number of hydrogen-bond acceptors (Lipinski definition) is 4. The van der Waals surface area contributed by atoms with E-state index in [0.717, 1.165) is 11.3 Å². The molecule has 0 atom stereocenters. The van der Waals surface area contributed by atoms with Gasteiger partial charge in [-0.15, -0.1) is 0 Å². The van der Waals surface area contributed by atoms with E-state index < -0.39 is 0 Å². The Hall–Kier alpha value is -3.28. The molecule has 0 saturated heterocycles. The van der Waals surface area contributed by atoms with Gasteiger partial charge in [0.2, 0.25) is 12.3 Å². The van der Waals surface area contributed by atoms with Crippen LogP contribution in [0.2, 0.25) is 0 Å². The van der Waals surface area contributed by atoms with Crippen LogP contribution in [0.15, 0.2) is 54.6 Å². The van der Waals surface area contributed by atoms with Crippen LogP contribution in [-0.2, 0) is 9.59 Å². The molecular formula is C20H21N3O3. The summed E-state index contributed by atoms with van der Waals surface area (Å²) in [7, 11) is 0. The number of hydrogen-bond donors (Lipinski definition) is 2. The Morgan fingerprint density at radius 2 is 1.69 bits per heavy atom. The molecule has 0 unspecified atom stereocenters. The number of nitrogens with zero attached hydrogens (tertiary/aromatic N) is 1. The summed E-state index contributed by atoms with van der Waals surface area (Å²) in [6.45, 7) is 1.70. The fourth-order valence-corrected chi connectivity index (χ4v) is 2.37. The third kappa shape index (κ3) is 5.11. The summed E-state index contributed by atoms with van der Waals surface area (Å²) in [5.74, 6) is -0.392. The van der Waals surface area contributed by atoms with Gasteiger partial charge in [0.25, 0.3) is 0 Å². The lowest BCUT2D eigenvalue weighted by Gasteiger charge is -2.17. The molecule has 26 heavy (non-hydrogen) atoms. The van der Waals surface area contributed by atoms with Crippen LogP contribution in [-0.4, -0.2) is 35.4 Å². The molecule has 6 heteroatoms. The maximum absolute atomic E-state index is 12.4. The van der Waals surface area contributed by atoms with Crippen molar-refractivity contribution in [3.05, 3.63) is 65.7 Å². The van der Waals surface area contributed by atoms with Gasteiger partial charge in [0.1, 0.15) is 5.84 Å². The third-order valence-electron chi connectivity index (χ3n) is 3.74. The number of Topliss-reactive ketones (excluding diaryl/α,β-unsaturated/α-hetero) is 1. The summed E-state index contributed by atoms with van der Waals surface area (Å²) in [4.78, 5) is 36.4. The summed E-state index contributed by atoms with van der Waals surface area (Å²) in [5.41, 5.74) is 1.58. The molecule has 6 nitrogen and oxygen atoms in total. The van der Waals surface area contributed by atoms with Crippen LogP contribution in [0.4, 0.5) is 5.69 Å². The van der Waals surface area contributed by atoms with Gasteiger partial charge in [-0.05, 0) is 30.7 Å². The third-order valence-corrected chi connectivity index (χ3v) is 3.74. The molecule has 0 radical (unpaired) electrons. The number of amidine groups is 1. The first-order valence-corrected chi connectivity index (χ1v) is 8.34. The van der Waals surface area contributed by atoms with E-state index in [9.17, 15) is 14.4 Å². The topological polar surface area (TPSA) is 90.3 Å². The predicted octanol–water partition coefficient (Wildman–Crippen LogP) is 3.09. The summed E-state index contributed by atoms with van der Waals surface area (Å²) >= 11 is 0. The van der Waals surface area contributed by atoms with Crippen LogP contribution in [0.3, 0.4) is 0 Å². The van der Waals surface area contributed by atoms with Crippen molar-refractivity contribution in [1.29, 1.82) is 5.41 Å². The molecule has 0 heterocycles. The van der Waals surface area contributed by atoms with Gasteiger partial charge in [-0.25, -0.2) is 0 Å². The van der Waals surface area contributed by atoms with E-state index in [1.807, 2.05) is 13.0 Å². The molecule has 0 spiro atoms. The zero-order valence-corrected chi connectivity index (χ0v) is 14.6. The number of amides is 2. The molecule has 2 N–H and O–H groups in total.